The molecule has 0 bridgehead atoms. The first kappa shape index (κ1) is 17.1. The van der Waals surface area contributed by atoms with Crippen LogP contribution < -0.4 is 11.1 Å². The molecule has 0 spiro atoms. The Morgan fingerprint density at radius 1 is 0.963 bits per heavy atom. The molecule has 2 aromatic rings. The summed E-state index contributed by atoms with van der Waals surface area (Å²) in [5.41, 5.74) is 13.6. The van der Waals surface area contributed by atoms with Gasteiger partial charge in [-0.2, -0.15) is 0 Å². The Labute approximate surface area is 159 Å². The van der Waals surface area contributed by atoms with Crippen LogP contribution in [0.2, 0.25) is 0 Å². The Morgan fingerprint density at radius 2 is 1.74 bits per heavy atom. The predicted octanol–water partition coefficient (Wildman–Crippen LogP) is 5.48. The quantitative estimate of drug-likeness (QED) is 0.737. The topological polar surface area (TPSA) is 55.1 Å². The number of amides is 2. The smallest absolute Gasteiger partial charge is 0.316 e. The third kappa shape index (κ3) is 3.77. The van der Waals surface area contributed by atoms with Crippen LogP contribution in [0.4, 0.5) is 10.5 Å². The average molecular weight is 354 g/mol. The van der Waals surface area contributed by atoms with Crippen LogP contribution in [0.25, 0.3) is 11.6 Å². The van der Waals surface area contributed by atoms with Crippen LogP contribution in [0.3, 0.4) is 0 Å². The first-order valence-electron chi connectivity index (χ1n) is 9.24. The van der Waals surface area contributed by atoms with Crippen molar-refractivity contribution in [3.8, 4) is 0 Å². The van der Waals surface area contributed by atoms with Crippen LogP contribution in [0.5, 0.6) is 0 Å². The van der Waals surface area contributed by atoms with E-state index in [9.17, 15) is 4.79 Å². The van der Waals surface area contributed by atoms with Gasteiger partial charge in [0.25, 0.3) is 0 Å². The molecule has 4 rings (SSSR count). The number of hydrogen-bond donors (Lipinski definition) is 2. The molecule has 134 valence electrons. The van der Waals surface area contributed by atoms with E-state index in [2.05, 4.69) is 60.0 Å². The largest absolute Gasteiger partial charge is 0.351 e. The van der Waals surface area contributed by atoms with Gasteiger partial charge in [-0.1, -0.05) is 60.7 Å². The van der Waals surface area contributed by atoms with Gasteiger partial charge in [0.2, 0.25) is 0 Å². The highest BCUT2D eigenvalue weighted by molar-refractivity contribution is 5.95. The van der Waals surface area contributed by atoms with Crippen molar-refractivity contribution in [2.45, 2.75) is 19.3 Å². The number of benzene rings is 2. The summed E-state index contributed by atoms with van der Waals surface area (Å²) in [6.07, 6.45) is 14.3. The van der Waals surface area contributed by atoms with Crippen molar-refractivity contribution >= 4 is 23.4 Å². The minimum absolute atomic E-state index is 0.552. The summed E-state index contributed by atoms with van der Waals surface area (Å²) in [5, 5.41) is 2.60. The van der Waals surface area contributed by atoms with E-state index >= 15 is 0 Å². The Morgan fingerprint density at radius 3 is 2.56 bits per heavy atom. The van der Waals surface area contributed by atoms with Gasteiger partial charge in [-0.3, -0.25) is 0 Å². The van der Waals surface area contributed by atoms with Crippen LogP contribution in [-0.2, 0) is 6.42 Å². The molecule has 0 radical (unpaired) electrons. The third-order valence-electron chi connectivity index (χ3n) is 4.97. The zero-order chi connectivity index (χ0) is 18.6. The van der Waals surface area contributed by atoms with Crippen LogP contribution in [0.1, 0.15) is 29.5 Å². The molecule has 2 aromatic carbocycles. The summed E-state index contributed by atoms with van der Waals surface area (Å²) in [6.45, 7) is 0. The summed E-state index contributed by atoms with van der Waals surface area (Å²) in [5.74, 6) is 0. The number of allylic oxidation sites excluding steroid dienone is 7. The second-order valence-electron chi connectivity index (χ2n) is 6.81. The highest BCUT2D eigenvalue weighted by Crippen LogP contribution is 2.37. The second kappa shape index (κ2) is 7.50. The maximum absolute atomic E-state index is 11.0. The lowest BCUT2D eigenvalue weighted by atomic mass is 9.92. The Kier molecular flexibility index (Phi) is 4.75. The molecule has 0 saturated heterocycles. The Bertz CT molecular complexity index is 991. The summed E-state index contributed by atoms with van der Waals surface area (Å²) in [7, 11) is 0. The molecular weight excluding hydrogens is 332 g/mol. The minimum atomic E-state index is -0.552. The predicted molar refractivity (Wildman–Crippen MR) is 112 cm³/mol. The van der Waals surface area contributed by atoms with Crippen molar-refractivity contribution in [2.75, 3.05) is 5.32 Å². The second-order valence-corrected chi connectivity index (χ2v) is 6.81. The number of rotatable bonds is 2. The van der Waals surface area contributed by atoms with E-state index in [-0.39, 0.29) is 0 Å². The first-order chi connectivity index (χ1) is 13.2. The van der Waals surface area contributed by atoms with E-state index < -0.39 is 6.03 Å². The first-order valence-corrected chi connectivity index (χ1v) is 9.24. The molecule has 3 nitrogen and oxygen atoms in total. The molecule has 0 atom stereocenters. The van der Waals surface area contributed by atoms with Crippen molar-refractivity contribution in [2.24, 2.45) is 5.73 Å². The number of primary amides is 1. The fraction of sp³-hybridized carbons (Fsp3) is 0.125. The molecule has 0 aromatic heterocycles. The van der Waals surface area contributed by atoms with Gasteiger partial charge in [-0.05, 0) is 70.9 Å². The summed E-state index contributed by atoms with van der Waals surface area (Å²) < 4.78 is 0. The monoisotopic (exact) mass is 354 g/mol. The zero-order valence-electron chi connectivity index (χ0n) is 15.1. The van der Waals surface area contributed by atoms with Gasteiger partial charge in [0.05, 0.1) is 0 Å². The Balaban J connectivity index is 1.82. The fourth-order valence-electron chi connectivity index (χ4n) is 3.69. The van der Waals surface area contributed by atoms with Crippen molar-refractivity contribution in [1.29, 1.82) is 0 Å². The summed E-state index contributed by atoms with van der Waals surface area (Å²) in [4.78, 5) is 11.0. The average Bonchev–Trinajstić information content (AvgIpc) is 2.98. The number of nitrogens with two attached hydrogens (primary N) is 1. The maximum atomic E-state index is 11.0. The molecule has 2 amide bonds. The summed E-state index contributed by atoms with van der Waals surface area (Å²) >= 11 is 0. The van der Waals surface area contributed by atoms with Crippen molar-refractivity contribution < 1.29 is 4.79 Å². The fourth-order valence-corrected chi connectivity index (χ4v) is 3.69. The van der Waals surface area contributed by atoms with Gasteiger partial charge in [-0.15, -0.1) is 0 Å². The number of carbonyl (C=O) groups excluding carboxylic acids is 1. The number of carbonyl (C=O) groups is 1. The van der Waals surface area contributed by atoms with Crippen LogP contribution in [-0.4, -0.2) is 6.03 Å². The van der Waals surface area contributed by atoms with Crippen molar-refractivity contribution in [3.63, 3.8) is 0 Å². The normalized spacial score (nSPS) is 17.1. The molecule has 0 aliphatic heterocycles. The highest BCUT2D eigenvalue weighted by Gasteiger charge is 2.18. The Hall–Kier alpha value is -3.33. The van der Waals surface area contributed by atoms with Gasteiger partial charge in [-0.25, -0.2) is 4.79 Å². The number of anilines is 1. The lowest BCUT2D eigenvalue weighted by molar-refractivity contribution is 0.259. The third-order valence-corrected chi connectivity index (χ3v) is 4.97. The highest BCUT2D eigenvalue weighted by atomic mass is 16.2. The standard InChI is InChI=1S/C24H22N2O/c25-24(27)26-20-14-10-17(11-15-20)16-23-21-8-3-1-2-6-18(21)12-13-19-7-4-5-9-22(19)23/h2-11,14-16H,1,12-13H2,(H3,25,26,27)/b23-16-. The van der Waals surface area contributed by atoms with Gasteiger partial charge in [0.1, 0.15) is 0 Å². The summed E-state index contributed by atoms with van der Waals surface area (Å²) in [6, 6.07) is 15.9. The zero-order valence-corrected chi connectivity index (χ0v) is 15.1. The molecule has 3 heteroatoms. The molecule has 3 N–H and O–H groups in total. The van der Waals surface area contributed by atoms with E-state index in [4.69, 9.17) is 5.73 Å². The number of hydrogen-bond acceptors (Lipinski definition) is 1. The number of fused-ring (bicyclic) bond motifs is 1. The molecule has 0 fully saturated rings. The van der Waals surface area contributed by atoms with Crippen LogP contribution in [0.15, 0.2) is 84.0 Å². The van der Waals surface area contributed by atoms with E-state index in [1.807, 2.05) is 24.3 Å². The van der Waals surface area contributed by atoms with E-state index in [1.54, 1.807) is 0 Å². The van der Waals surface area contributed by atoms with E-state index in [0.717, 1.165) is 24.8 Å². The molecule has 0 unspecified atom stereocenters. The molecule has 0 saturated carbocycles. The lowest BCUT2D eigenvalue weighted by Crippen LogP contribution is -2.19. The van der Waals surface area contributed by atoms with Gasteiger partial charge < -0.3 is 11.1 Å². The van der Waals surface area contributed by atoms with Crippen LogP contribution in [0, 0.1) is 0 Å². The van der Waals surface area contributed by atoms with Crippen molar-refractivity contribution in [3.05, 3.63) is 101 Å². The van der Waals surface area contributed by atoms with Crippen LogP contribution >= 0.6 is 0 Å². The lowest BCUT2D eigenvalue weighted by Gasteiger charge is -2.13. The molecular formula is C24H22N2O. The van der Waals surface area contributed by atoms with E-state index in [1.165, 1.54) is 27.8 Å². The molecule has 0 heterocycles. The van der Waals surface area contributed by atoms with Gasteiger partial charge in [0, 0.05) is 5.69 Å². The van der Waals surface area contributed by atoms with E-state index in [0.29, 0.717) is 5.69 Å². The number of aryl methyl sites for hydroxylation is 1. The van der Waals surface area contributed by atoms with Gasteiger partial charge >= 0.3 is 6.03 Å². The minimum Gasteiger partial charge on any atom is -0.351 e. The number of nitrogens with one attached hydrogen (secondary N) is 1. The molecule has 2 aliphatic carbocycles. The van der Waals surface area contributed by atoms with Crippen molar-refractivity contribution in [1.82, 2.24) is 0 Å². The molecule has 27 heavy (non-hydrogen) atoms. The van der Waals surface area contributed by atoms with Gasteiger partial charge in [0.15, 0.2) is 0 Å². The SMILES string of the molecule is NC(=O)Nc1ccc(/C=C2/C3=C(C=CCC=C3)CCc3ccccc32)cc1. The maximum Gasteiger partial charge on any atom is 0.316 e. The number of urea groups is 1. The molecule has 2 aliphatic rings.